The second-order valence-electron chi connectivity index (χ2n) is 7.03. The first kappa shape index (κ1) is 19.9. The quantitative estimate of drug-likeness (QED) is 0.306. The van der Waals surface area contributed by atoms with Crippen LogP contribution in [0.4, 0.5) is 0 Å². The third-order valence-corrected chi connectivity index (χ3v) is 4.80. The summed E-state index contributed by atoms with van der Waals surface area (Å²) in [5.41, 5.74) is 4.98. The Kier molecular flexibility index (Phi) is 7.50. The molecule has 1 rings (SSSR count). The topological polar surface area (TPSA) is 133 Å². The maximum absolute atomic E-state index is 12.0. The Morgan fingerprint density at radius 2 is 2.00 bits per heavy atom. The molecule has 23 heavy (non-hydrogen) atoms. The van der Waals surface area contributed by atoms with Crippen molar-refractivity contribution in [3.05, 3.63) is 0 Å². The lowest BCUT2D eigenvalue weighted by Gasteiger charge is -2.25. The lowest BCUT2D eigenvalue weighted by molar-refractivity contribution is -0.149. The number of nitrogens with two attached hydrogens (primary N) is 1. The highest BCUT2D eigenvalue weighted by Gasteiger charge is 2.45. The highest BCUT2D eigenvalue weighted by Crippen LogP contribution is 2.43. The minimum Gasteiger partial charge on any atom is -0.481 e. The van der Waals surface area contributed by atoms with Crippen molar-refractivity contribution >= 4 is 19.0 Å². The molecule has 0 bridgehead atoms. The van der Waals surface area contributed by atoms with E-state index in [-0.39, 0.29) is 24.2 Å². The Balaban J connectivity index is 2.54. The van der Waals surface area contributed by atoms with E-state index in [0.29, 0.717) is 38.5 Å². The molecule has 0 heterocycles. The van der Waals surface area contributed by atoms with Crippen LogP contribution in [0, 0.1) is 11.3 Å². The number of aliphatic carboxylic acids is 1. The van der Waals surface area contributed by atoms with Crippen molar-refractivity contribution in [1.29, 1.82) is 0 Å². The fourth-order valence-electron chi connectivity index (χ4n) is 3.17. The van der Waals surface area contributed by atoms with Gasteiger partial charge in [-0.05, 0) is 37.9 Å². The zero-order valence-corrected chi connectivity index (χ0v) is 14.0. The van der Waals surface area contributed by atoms with Crippen molar-refractivity contribution in [2.75, 3.05) is 0 Å². The van der Waals surface area contributed by atoms with Gasteiger partial charge in [0.1, 0.15) is 0 Å². The summed E-state index contributed by atoms with van der Waals surface area (Å²) in [6.45, 7) is 3.74. The largest absolute Gasteiger partial charge is 0.481 e. The molecule has 6 N–H and O–H groups in total. The molecule has 3 atom stereocenters. The first-order valence-corrected chi connectivity index (χ1v) is 8.33. The average molecular weight is 328 g/mol. The molecule has 1 fully saturated rings. The first-order chi connectivity index (χ1) is 10.7. The third kappa shape index (κ3) is 5.78. The molecule has 1 aliphatic carbocycles. The molecule has 0 aromatic heterocycles. The predicted molar refractivity (Wildman–Crippen MR) is 87.5 cm³/mol. The van der Waals surface area contributed by atoms with Gasteiger partial charge in [0.25, 0.3) is 0 Å². The molecule has 0 unspecified atom stereocenters. The first-order valence-electron chi connectivity index (χ1n) is 8.33. The Labute approximate surface area is 137 Å². The van der Waals surface area contributed by atoms with E-state index in [4.69, 9.17) is 15.8 Å². The summed E-state index contributed by atoms with van der Waals surface area (Å²) in [5, 5.41) is 30.1. The van der Waals surface area contributed by atoms with Crippen molar-refractivity contribution < 1.29 is 24.7 Å². The Morgan fingerprint density at radius 3 is 2.52 bits per heavy atom. The van der Waals surface area contributed by atoms with Crippen LogP contribution in [0.3, 0.4) is 0 Å². The van der Waals surface area contributed by atoms with Crippen molar-refractivity contribution in [3.8, 4) is 0 Å². The van der Waals surface area contributed by atoms with Crippen LogP contribution >= 0.6 is 0 Å². The Hall–Kier alpha value is -1.12. The molecule has 0 aromatic rings. The second kappa shape index (κ2) is 8.66. The van der Waals surface area contributed by atoms with Crippen molar-refractivity contribution in [1.82, 2.24) is 5.32 Å². The van der Waals surface area contributed by atoms with Crippen LogP contribution in [0.5, 0.6) is 0 Å². The SMILES string of the molecule is CC(C)[C@@H](N)C(=O)N[C@H]1CC[C@@](CCCCB(O)O)(C(=O)O)C1. The van der Waals surface area contributed by atoms with Gasteiger partial charge in [-0.25, -0.2) is 0 Å². The highest BCUT2D eigenvalue weighted by atomic mass is 16.4. The summed E-state index contributed by atoms with van der Waals surface area (Å²) in [6.07, 6.45) is 3.48. The Bertz CT molecular complexity index is 419. The summed E-state index contributed by atoms with van der Waals surface area (Å²) >= 11 is 0. The van der Waals surface area contributed by atoms with Crippen molar-refractivity contribution in [2.45, 2.75) is 70.8 Å². The molecule has 0 spiro atoms. The number of amides is 1. The number of nitrogens with one attached hydrogen (secondary N) is 1. The lowest BCUT2D eigenvalue weighted by atomic mass is 9.78. The fraction of sp³-hybridized carbons (Fsp3) is 0.867. The number of hydrogen-bond donors (Lipinski definition) is 5. The van der Waals surface area contributed by atoms with E-state index in [1.807, 2.05) is 13.8 Å². The van der Waals surface area contributed by atoms with Gasteiger partial charge in [0.2, 0.25) is 5.91 Å². The molecule has 0 saturated heterocycles. The molecule has 132 valence electrons. The number of carbonyl (C=O) groups is 2. The second-order valence-corrected chi connectivity index (χ2v) is 7.03. The number of unbranched alkanes of at least 4 members (excludes halogenated alkanes) is 1. The van der Waals surface area contributed by atoms with E-state index >= 15 is 0 Å². The molecule has 1 aliphatic rings. The molecule has 0 aromatic carbocycles. The van der Waals surface area contributed by atoms with Gasteiger partial charge in [0.15, 0.2) is 0 Å². The standard InChI is InChI=1S/C15H29BN2O5/c1-10(2)12(17)13(19)18-11-5-7-15(9-11,14(20)21)6-3-4-8-16(22)23/h10-12,22-23H,3-9,17H2,1-2H3,(H,18,19)(H,20,21)/t11-,12+,15+/m0/s1. The van der Waals surface area contributed by atoms with E-state index in [0.717, 1.165) is 0 Å². The molecule has 0 radical (unpaired) electrons. The van der Waals surface area contributed by atoms with Gasteiger partial charge in [-0.1, -0.05) is 26.7 Å². The smallest absolute Gasteiger partial charge is 0.451 e. The van der Waals surface area contributed by atoms with Crippen LogP contribution in [0.2, 0.25) is 6.32 Å². The molecule has 1 amide bonds. The summed E-state index contributed by atoms with van der Waals surface area (Å²) in [6, 6.07) is -0.743. The van der Waals surface area contributed by atoms with Crippen molar-refractivity contribution in [3.63, 3.8) is 0 Å². The van der Waals surface area contributed by atoms with Gasteiger partial charge in [-0.2, -0.15) is 0 Å². The van der Waals surface area contributed by atoms with E-state index in [1.165, 1.54) is 0 Å². The van der Waals surface area contributed by atoms with Gasteiger partial charge < -0.3 is 26.2 Å². The Morgan fingerprint density at radius 1 is 1.35 bits per heavy atom. The van der Waals surface area contributed by atoms with Crippen LogP contribution in [-0.2, 0) is 9.59 Å². The third-order valence-electron chi connectivity index (χ3n) is 4.80. The van der Waals surface area contributed by atoms with E-state index in [1.54, 1.807) is 0 Å². The maximum Gasteiger partial charge on any atom is 0.451 e. The lowest BCUT2D eigenvalue weighted by Crippen LogP contribution is -2.47. The van der Waals surface area contributed by atoms with Crippen LogP contribution < -0.4 is 11.1 Å². The van der Waals surface area contributed by atoms with Crippen molar-refractivity contribution in [2.24, 2.45) is 17.1 Å². The average Bonchev–Trinajstić information content (AvgIpc) is 2.87. The van der Waals surface area contributed by atoms with Crippen LogP contribution in [0.25, 0.3) is 0 Å². The number of carboxylic acid groups (broad SMARTS) is 1. The summed E-state index contributed by atoms with van der Waals surface area (Å²) in [5.74, 6) is -1.04. The van der Waals surface area contributed by atoms with Gasteiger partial charge in [0, 0.05) is 6.04 Å². The van der Waals surface area contributed by atoms with E-state index in [2.05, 4.69) is 5.32 Å². The monoisotopic (exact) mass is 328 g/mol. The van der Waals surface area contributed by atoms with E-state index in [9.17, 15) is 14.7 Å². The minimum atomic E-state index is -1.34. The van der Waals surface area contributed by atoms with Crippen LogP contribution in [0.15, 0.2) is 0 Å². The van der Waals surface area contributed by atoms with Gasteiger partial charge in [-0.15, -0.1) is 0 Å². The zero-order chi connectivity index (χ0) is 17.6. The molecular weight excluding hydrogens is 299 g/mol. The molecule has 0 aliphatic heterocycles. The molecule has 8 heteroatoms. The van der Waals surface area contributed by atoms with Gasteiger partial charge in [0.05, 0.1) is 11.5 Å². The van der Waals surface area contributed by atoms with E-state index < -0.39 is 24.5 Å². The molecular formula is C15H29BN2O5. The normalized spacial score (nSPS) is 25.4. The number of carboxylic acids is 1. The van der Waals surface area contributed by atoms with Gasteiger partial charge in [-0.3, -0.25) is 9.59 Å². The zero-order valence-electron chi connectivity index (χ0n) is 14.0. The fourth-order valence-corrected chi connectivity index (χ4v) is 3.17. The van der Waals surface area contributed by atoms with Gasteiger partial charge >= 0.3 is 13.1 Å². The molecule has 7 nitrogen and oxygen atoms in total. The summed E-state index contributed by atoms with van der Waals surface area (Å²) in [7, 11) is -1.34. The molecule has 1 saturated carbocycles. The summed E-state index contributed by atoms with van der Waals surface area (Å²) in [4.78, 5) is 23.7. The van der Waals surface area contributed by atoms with Crippen LogP contribution in [-0.4, -0.2) is 46.2 Å². The highest BCUT2D eigenvalue weighted by molar-refractivity contribution is 6.40. The number of hydrogen-bond acceptors (Lipinski definition) is 5. The number of carbonyl (C=O) groups excluding carboxylic acids is 1. The predicted octanol–water partition coefficient (Wildman–Crippen LogP) is 0.353. The summed E-state index contributed by atoms with van der Waals surface area (Å²) < 4.78 is 0. The minimum absolute atomic E-state index is 0.0329. The van der Waals surface area contributed by atoms with Crippen LogP contribution in [0.1, 0.15) is 52.4 Å². The maximum atomic E-state index is 12.0. The number of rotatable bonds is 9.